The van der Waals surface area contributed by atoms with Gasteiger partial charge in [0.1, 0.15) is 12.4 Å². The van der Waals surface area contributed by atoms with Crippen LogP contribution in [0.3, 0.4) is 0 Å². The zero-order valence-corrected chi connectivity index (χ0v) is 12.8. The van der Waals surface area contributed by atoms with E-state index in [1.807, 2.05) is 18.2 Å². The second-order valence-corrected chi connectivity index (χ2v) is 5.78. The first-order valence-electron chi connectivity index (χ1n) is 7.30. The lowest BCUT2D eigenvalue weighted by atomic mass is 9.94. The van der Waals surface area contributed by atoms with Crippen molar-refractivity contribution < 1.29 is 4.74 Å². The molecule has 0 aliphatic heterocycles. The maximum Gasteiger partial charge on any atom is 0.126 e. The van der Waals surface area contributed by atoms with Gasteiger partial charge in [-0.05, 0) is 46.7 Å². The third-order valence-corrected chi connectivity index (χ3v) is 3.47. The zero-order valence-electron chi connectivity index (χ0n) is 12.8. The lowest BCUT2D eigenvalue weighted by molar-refractivity contribution is 0.297. The molecule has 0 spiro atoms. The van der Waals surface area contributed by atoms with Crippen molar-refractivity contribution in [2.24, 2.45) is 0 Å². The van der Waals surface area contributed by atoms with Crippen molar-refractivity contribution in [2.75, 3.05) is 0 Å². The predicted molar refractivity (Wildman–Crippen MR) is 84.2 cm³/mol. The van der Waals surface area contributed by atoms with E-state index in [1.165, 1.54) is 16.7 Å². The fraction of sp³-hybridized carbons (Fsp3) is 0.368. The molecule has 0 unspecified atom stereocenters. The number of rotatable bonds is 5. The largest absolute Gasteiger partial charge is 0.488 e. The van der Waals surface area contributed by atoms with Crippen molar-refractivity contribution in [2.45, 2.75) is 46.1 Å². The van der Waals surface area contributed by atoms with Crippen LogP contribution in [0.25, 0.3) is 0 Å². The molecule has 20 heavy (non-hydrogen) atoms. The Kier molecular flexibility index (Phi) is 4.84. The molecular formula is C19H23O. The molecule has 2 aromatic carbocycles. The van der Waals surface area contributed by atoms with Crippen molar-refractivity contribution in [1.29, 1.82) is 0 Å². The van der Waals surface area contributed by atoms with Crippen LogP contribution in [0.4, 0.5) is 0 Å². The molecule has 0 heterocycles. The Hall–Kier alpha value is -1.76. The molecule has 2 rings (SSSR count). The van der Waals surface area contributed by atoms with Crippen LogP contribution in [0.2, 0.25) is 0 Å². The number of ether oxygens (including phenoxy) is 1. The Bertz CT molecular complexity index is 515. The average Bonchev–Trinajstić information content (AvgIpc) is 2.45. The second kappa shape index (κ2) is 6.60. The average molecular weight is 267 g/mol. The highest BCUT2D eigenvalue weighted by molar-refractivity contribution is 5.44. The number of benzene rings is 2. The molecular weight excluding hydrogens is 244 g/mol. The molecule has 1 heteroatoms. The Balaban J connectivity index is 2.28. The van der Waals surface area contributed by atoms with E-state index in [0.717, 1.165) is 5.75 Å². The van der Waals surface area contributed by atoms with Crippen LogP contribution in [0, 0.1) is 6.07 Å². The summed E-state index contributed by atoms with van der Waals surface area (Å²) < 4.78 is 6.16. The summed E-state index contributed by atoms with van der Waals surface area (Å²) >= 11 is 0. The van der Waals surface area contributed by atoms with E-state index in [9.17, 15) is 0 Å². The van der Waals surface area contributed by atoms with Crippen molar-refractivity contribution in [3.8, 4) is 5.75 Å². The van der Waals surface area contributed by atoms with Gasteiger partial charge in [-0.2, -0.15) is 0 Å². The van der Waals surface area contributed by atoms with Crippen LogP contribution in [0.15, 0.2) is 42.5 Å². The highest BCUT2D eigenvalue weighted by Gasteiger charge is 2.15. The van der Waals surface area contributed by atoms with Gasteiger partial charge in [-0.3, -0.25) is 0 Å². The van der Waals surface area contributed by atoms with Crippen LogP contribution >= 0.6 is 0 Å². The van der Waals surface area contributed by atoms with Gasteiger partial charge < -0.3 is 4.74 Å². The molecule has 0 amide bonds. The first-order valence-corrected chi connectivity index (χ1v) is 7.30. The van der Waals surface area contributed by atoms with Gasteiger partial charge in [-0.1, -0.05) is 58.0 Å². The van der Waals surface area contributed by atoms with E-state index >= 15 is 0 Å². The maximum atomic E-state index is 6.16. The standard InChI is InChI=1S/C19H23O/c1-14(2)17-11-8-12-18(15(3)4)19(17)20-13-16-9-6-5-7-10-16/h5-7,9-12,14-15H,13H2,1-4H3. The summed E-state index contributed by atoms with van der Waals surface area (Å²) in [5, 5.41) is 0. The SMILES string of the molecule is CC(C)c1c[c]cc(C(C)C)c1OCc1ccccc1. The minimum atomic E-state index is 0.440. The zero-order chi connectivity index (χ0) is 14.5. The normalized spacial score (nSPS) is 11.1. The summed E-state index contributed by atoms with van der Waals surface area (Å²) in [6, 6.07) is 17.7. The Morgan fingerprint density at radius 3 is 1.95 bits per heavy atom. The Morgan fingerprint density at radius 1 is 0.900 bits per heavy atom. The highest BCUT2D eigenvalue weighted by Crippen LogP contribution is 2.34. The summed E-state index contributed by atoms with van der Waals surface area (Å²) in [5.41, 5.74) is 3.68. The molecule has 2 aromatic rings. The molecule has 1 nitrogen and oxygen atoms in total. The first-order chi connectivity index (χ1) is 9.59. The summed E-state index contributed by atoms with van der Waals surface area (Å²) in [6.07, 6.45) is 0. The van der Waals surface area contributed by atoms with Gasteiger partial charge in [0, 0.05) is 0 Å². The molecule has 0 atom stereocenters. The van der Waals surface area contributed by atoms with E-state index in [0.29, 0.717) is 18.4 Å². The van der Waals surface area contributed by atoms with Gasteiger partial charge >= 0.3 is 0 Å². The Morgan fingerprint density at radius 2 is 1.45 bits per heavy atom. The number of hydrogen-bond acceptors (Lipinski definition) is 1. The summed E-state index contributed by atoms with van der Waals surface area (Å²) in [7, 11) is 0. The highest BCUT2D eigenvalue weighted by atomic mass is 16.5. The molecule has 0 saturated heterocycles. The van der Waals surface area contributed by atoms with Gasteiger partial charge in [0.25, 0.3) is 0 Å². The van der Waals surface area contributed by atoms with Crippen molar-refractivity contribution in [3.05, 3.63) is 65.2 Å². The maximum absolute atomic E-state index is 6.16. The summed E-state index contributed by atoms with van der Waals surface area (Å²) in [5.74, 6) is 1.92. The van der Waals surface area contributed by atoms with Gasteiger partial charge in [0.15, 0.2) is 0 Å². The minimum absolute atomic E-state index is 0.440. The minimum Gasteiger partial charge on any atom is -0.488 e. The molecule has 0 aromatic heterocycles. The topological polar surface area (TPSA) is 9.23 Å². The van der Waals surface area contributed by atoms with Crippen LogP contribution in [0.1, 0.15) is 56.2 Å². The number of hydrogen-bond donors (Lipinski definition) is 0. The van der Waals surface area contributed by atoms with E-state index in [1.54, 1.807) is 0 Å². The predicted octanol–water partition coefficient (Wildman–Crippen LogP) is 5.31. The smallest absolute Gasteiger partial charge is 0.126 e. The van der Waals surface area contributed by atoms with E-state index in [-0.39, 0.29) is 0 Å². The van der Waals surface area contributed by atoms with Gasteiger partial charge in [-0.25, -0.2) is 0 Å². The van der Waals surface area contributed by atoms with E-state index in [4.69, 9.17) is 4.74 Å². The van der Waals surface area contributed by atoms with Crippen molar-refractivity contribution in [3.63, 3.8) is 0 Å². The summed E-state index contributed by atoms with van der Waals surface area (Å²) in [6.45, 7) is 9.40. The molecule has 0 N–H and O–H groups in total. The third kappa shape index (κ3) is 3.41. The lowest BCUT2D eigenvalue weighted by Gasteiger charge is -2.19. The third-order valence-electron chi connectivity index (χ3n) is 3.47. The van der Waals surface area contributed by atoms with Gasteiger partial charge in [0.05, 0.1) is 0 Å². The molecule has 0 bridgehead atoms. The van der Waals surface area contributed by atoms with Crippen LogP contribution in [0.5, 0.6) is 5.75 Å². The van der Waals surface area contributed by atoms with E-state index in [2.05, 4.69) is 58.0 Å². The monoisotopic (exact) mass is 267 g/mol. The molecule has 0 aliphatic carbocycles. The van der Waals surface area contributed by atoms with Crippen LogP contribution in [-0.4, -0.2) is 0 Å². The van der Waals surface area contributed by atoms with Crippen molar-refractivity contribution >= 4 is 0 Å². The Labute approximate surface area is 122 Å². The molecule has 1 radical (unpaired) electrons. The lowest BCUT2D eigenvalue weighted by Crippen LogP contribution is -2.04. The van der Waals surface area contributed by atoms with Crippen molar-refractivity contribution in [1.82, 2.24) is 0 Å². The summed E-state index contributed by atoms with van der Waals surface area (Å²) in [4.78, 5) is 0. The first kappa shape index (κ1) is 14.6. The van der Waals surface area contributed by atoms with Crippen LogP contribution in [-0.2, 0) is 6.61 Å². The van der Waals surface area contributed by atoms with Crippen LogP contribution < -0.4 is 4.74 Å². The second-order valence-electron chi connectivity index (χ2n) is 5.78. The van der Waals surface area contributed by atoms with Gasteiger partial charge in [0.2, 0.25) is 0 Å². The van der Waals surface area contributed by atoms with E-state index < -0.39 is 0 Å². The fourth-order valence-electron chi connectivity index (χ4n) is 2.27. The quantitative estimate of drug-likeness (QED) is 0.713. The fourth-order valence-corrected chi connectivity index (χ4v) is 2.27. The molecule has 0 fully saturated rings. The van der Waals surface area contributed by atoms with Gasteiger partial charge in [-0.15, -0.1) is 0 Å². The molecule has 105 valence electrons. The molecule has 0 aliphatic rings. The molecule has 0 saturated carbocycles.